The number of carboxylic acid groups (broad SMARTS) is 1. The minimum absolute atomic E-state index is 0.277. The van der Waals surface area contributed by atoms with Crippen LogP contribution in [0.3, 0.4) is 0 Å². The number of hydrogen-bond donors (Lipinski definition) is 1. The van der Waals surface area contributed by atoms with Gasteiger partial charge in [0.05, 0.1) is 19.3 Å². The molecule has 4 aromatic rings. The Labute approximate surface area is 181 Å². The summed E-state index contributed by atoms with van der Waals surface area (Å²) in [4.78, 5) is 25.5. The van der Waals surface area contributed by atoms with Crippen molar-refractivity contribution in [1.82, 2.24) is 9.47 Å². The fourth-order valence-electron chi connectivity index (χ4n) is 4.10. The molecule has 0 radical (unpaired) electrons. The number of aromatic nitrogens is 1. The van der Waals surface area contributed by atoms with Crippen molar-refractivity contribution < 1.29 is 23.4 Å². The van der Waals surface area contributed by atoms with Crippen LogP contribution in [0.25, 0.3) is 27.8 Å². The first-order chi connectivity index (χ1) is 15.4. The van der Waals surface area contributed by atoms with Gasteiger partial charge in [-0.1, -0.05) is 0 Å². The molecule has 7 nitrogen and oxygen atoms in total. The summed E-state index contributed by atoms with van der Waals surface area (Å²) in [7, 11) is 1.46. The van der Waals surface area contributed by atoms with Crippen LogP contribution < -0.4 is 10.3 Å². The van der Waals surface area contributed by atoms with Gasteiger partial charge in [-0.3, -0.25) is 9.36 Å². The molecule has 0 bridgehead atoms. The van der Waals surface area contributed by atoms with Gasteiger partial charge < -0.3 is 19.2 Å². The summed E-state index contributed by atoms with van der Waals surface area (Å²) in [5.41, 5.74) is 2.52. The van der Waals surface area contributed by atoms with E-state index >= 15 is 0 Å². The largest absolute Gasteiger partial charge is 0.497 e. The molecule has 3 heterocycles. The van der Waals surface area contributed by atoms with E-state index in [1.807, 2.05) is 6.07 Å². The molecular formula is C24H19FN2O5. The predicted octanol–water partition coefficient (Wildman–Crippen LogP) is 4.43. The lowest BCUT2D eigenvalue weighted by atomic mass is 10.0. The van der Waals surface area contributed by atoms with Crippen LogP contribution in [0.4, 0.5) is 9.18 Å². The SMILES string of the molecule is COc1ccc(-c2ccn(-c3ccc4c5c(oc4c3)CCN(C(=O)O)C5)c(=O)c2)c(F)c1. The fourth-order valence-corrected chi connectivity index (χ4v) is 4.10. The quantitative estimate of drug-likeness (QED) is 0.516. The topological polar surface area (TPSA) is 84.9 Å². The molecule has 0 unspecified atom stereocenters. The molecule has 0 atom stereocenters. The van der Waals surface area contributed by atoms with E-state index in [0.29, 0.717) is 41.1 Å². The molecule has 2 aromatic carbocycles. The zero-order chi connectivity index (χ0) is 22.4. The number of amides is 1. The molecule has 0 spiro atoms. The Balaban J connectivity index is 1.51. The van der Waals surface area contributed by atoms with Gasteiger partial charge in [-0.15, -0.1) is 0 Å². The van der Waals surface area contributed by atoms with Gasteiger partial charge in [-0.2, -0.15) is 0 Å². The number of carbonyl (C=O) groups is 1. The van der Waals surface area contributed by atoms with Crippen LogP contribution in [0.15, 0.2) is 63.9 Å². The molecule has 1 aliphatic heterocycles. The number of ether oxygens (including phenoxy) is 1. The lowest BCUT2D eigenvalue weighted by Crippen LogP contribution is -2.34. The van der Waals surface area contributed by atoms with Crippen LogP contribution in [0.1, 0.15) is 11.3 Å². The van der Waals surface area contributed by atoms with Crippen LogP contribution >= 0.6 is 0 Å². The summed E-state index contributed by atoms with van der Waals surface area (Å²) in [5, 5.41) is 10.1. The average Bonchev–Trinajstić information content (AvgIpc) is 3.15. The number of halogens is 1. The van der Waals surface area contributed by atoms with Gasteiger partial charge in [0.25, 0.3) is 5.56 Å². The van der Waals surface area contributed by atoms with Crippen molar-refractivity contribution >= 4 is 17.1 Å². The van der Waals surface area contributed by atoms with Gasteiger partial charge in [0, 0.05) is 53.9 Å². The number of benzene rings is 2. The third-order valence-electron chi connectivity index (χ3n) is 5.77. The van der Waals surface area contributed by atoms with Gasteiger partial charge in [-0.25, -0.2) is 9.18 Å². The van der Waals surface area contributed by atoms with Gasteiger partial charge in [0.15, 0.2) is 0 Å². The molecule has 0 saturated carbocycles. The summed E-state index contributed by atoms with van der Waals surface area (Å²) in [6, 6.07) is 12.9. The Morgan fingerprint density at radius 3 is 2.72 bits per heavy atom. The van der Waals surface area contributed by atoms with Crippen molar-refractivity contribution in [2.75, 3.05) is 13.7 Å². The highest BCUT2D eigenvalue weighted by Gasteiger charge is 2.25. The van der Waals surface area contributed by atoms with Gasteiger partial charge in [0.2, 0.25) is 0 Å². The maximum atomic E-state index is 14.4. The molecule has 0 fully saturated rings. The smallest absolute Gasteiger partial charge is 0.407 e. The molecule has 8 heteroatoms. The van der Waals surface area contributed by atoms with E-state index in [2.05, 4.69) is 0 Å². The number of fused-ring (bicyclic) bond motifs is 3. The Bertz CT molecular complexity index is 1420. The molecule has 5 rings (SSSR count). The summed E-state index contributed by atoms with van der Waals surface area (Å²) in [5.74, 6) is 0.701. The van der Waals surface area contributed by atoms with Crippen molar-refractivity contribution in [2.24, 2.45) is 0 Å². The maximum absolute atomic E-state index is 14.4. The molecular weight excluding hydrogens is 415 g/mol. The van der Waals surface area contributed by atoms with Crippen LogP contribution in [0.5, 0.6) is 5.75 Å². The summed E-state index contributed by atoms with van der Waals surface area (Å²) in [6.07, 6.45) is 1.15. The second-order valence-corrected chi connectivity index (χ2v) is 7.61. The normalized spacial score (nSPS) is 13.2. The van der Waals surface area contributed by atoms with Gasteiger partial charge in [-0.05, 0) is 35.9 Å². The first-order valence-corrected chi connectivity index (χ1v) is 10.0. The second-order valence-electron chi connectivity index (χ2n) is 7.61. The molecule has 32 heavy (non-hydrogen) atoms. The van der Waals surface area contributed by atoms with Crippen molar-refractivity contribution in [1.29, 1.82) is 0 Å². The zero-order valence-corrected chi connectivity index (χ0v) is 17.2. The van der Waals surface area contributed by atoms with Crippen molar-refractivity contribution in [2.45, 2.75) is 13.0 Å². The fraction of sp³-hybridized carbons (Fsp3) is 0.167. The summed E-state index contributed by atoms with van der Waals surface area (Å²) >= 11 is 0. The van der Waals surface area contributed by atoms with E-state index in [0.717, 1.165) is 16.7 Å². The lowest BCUT2D eigenvalue weighted by molar-refractivity contribution is 0.138. The molecule has 0 saturated heterocycles. The highest BCUT2D eigenvalue weighted by atomic mass is 19.1. The van der Waals surface area contributed by atoms with Crippen LogP contribution in [-0.2, 0) is 13.0 Å². The van der Waals surface area contributed by atoms with Crippen molar-refractivity contribution in [3.05, 3.63) is 82.2 Å². The molecule has 1 aliphatic rings. The van der Waals surface area contributed by atoms with E-state index < -0.39 is 11.9 Å². The minimum atomic E-state index is -0.957. The van der Waals surface area contributed by atoms with E-state index in [-0.39, 0.29) is 12.1 Å². The van der Waals surface area contributed by atoms with Gasteiger partial charge in [0.1, 0.15) is 22.9 Å². The maximum Gasteiger partial charge on any atom is 0.407 e. The Kier molecular flexibility index (Phi) is 4.70. The highest BCUT2D eigenvalue weighted by Crippen LogP contribution is 2.32. The number of hydrogen-bond acceptors (Lipinski definition) is 4. The number of furan rings is 1. The first kappa shape index (κ1) is 19.9. The van der Waals surface area contributed by atoms with Crippen molar-refractivity contribution in [3.8, 4) is 22.6 Å². The standard InChI is InChI=1S/C24H19FN2O5/c1-31-16-3-5-17(20(25)12-16)14-6-9-27(23(28)10-14)15-2-4-18-19-13-26(24(29)30)8-7-21(19)32-22(18)11-15/h2-6,9-12H,7-8,13H2,1H3,(H,29,30). The third kappa shape index (κ3) is 3.30. The monoisotopic (exact) mass is 434 g/mol. The summed E-state index contributed by atoms with van der Waals surface area (Å²) in [6.45, 7) is 0.664. The molecule has 0 aliphatic carbocycles. The number of methoxy groups -OCH3 is 1. The Hall–Kier alpha value is -4.07. The van der Waals surface area contributed by atoms with Crippen LogP contribution in [-0.4, -0.2) is 34.3 Å². The molecule has 1 amide bonds. The van der Waals surface area contributed by atoms with E-state index in [1.54, 1.807) is 36.5 Å². The second kappa shape index (κ2) is 7.56. The number of rotatable bonds is 3. The first-order valence-electron chi connectivity index (χ1n) is 10.0. The molecule has 2 aromatic heterocycles. The highest BCUT2D eigenvalue weighted by molar-refractivity contribution is 5.85. The minimum Gasteiger partial charge on any atom is -0.497 e. The third-order valence-corrected chi connectivity index (χ3v) is 5.77. The van der Waals surface area contributed by atoms with Crippen molar-refractivity contribution in [3.63, 3.8) is 0 Å². The van der Waals surface area contributed by atoms with E-state index in [9.17, 15) is 19.1 Å². The van der Waals surface area contributed by atoms with Gasteiger partial charge >= 0.3 is 6.09 Å². The summed E-state index contributed by atoms with van der Waals surface area (Å²) < 4.78 is 26.8. The zero-order valence-electron chi connectivity index (χ0n) is 17.2. The molecule has 1 N–H and O–H groups in total. The van der Waals surface area contributed by atoms with E-state index in [1.165, 1.54) is 28.7 Å². The lowest BCUT2D eigenvalue weighted by Gasteiger charge is -2.23. The Morgan fingerprint density at radius 1 is 1.16 bits per heavy atom. The predicted molar refractivity (Wildman–Crippen MR) is 116 cm³/mol. The Morgan fingerprint density at radius 2 is 2.00 bits per heavy atom. The average molecular weight is 434 g/mol. The number of pyridine rings is 1. The molecule has 162 valence electrons. The van der Waals surface area contributed by atoms with E-state index in [4.69, 9.17) is 9.15 Å². The van der Waals surface area contributed by atoms with Crippen LogP contribution in [0, 0.1) is 5.82 Å². The van der Waals surface area contributed by atoms with Crippen LogP contribution in [0.2, 0.25) is 0 Å². The number of nitrogens with zero attached hydrogens (tertiary/aromatic N) is 2.